The molecule has 2 saturated heterocycles. The Kier molecular flexibility index (Phi) is 8.20. The fourth-order valence-electron chi connectivity index (χ4n) is 3.77. The molecule has 1 aromatic carbocycles. The van der Waals surface area contributed by atoms with Crippen LogP contribution in [0.1, 0.15) is 38.2 Å². The van der Waals surface area contributed by atoms with Gasteiger partial charge in [-0.1, -0.05) is 28.1 Å². The molecule has 2 N–H and O–H groups in total. The normalized spacial score (nSPS) is 25.2. The number of hydrogen-bond acceptors (Lipinski definition) is 3. The van der Waals surface area contributed by atoms with E-state index in [1.807, 2.05) is 0 Å². The van der Waals surface area contributed by atoms with Gasteiger partial charge in [0.15, 0.2) is 0 Å². The Morgan fingerprint density at radius 2 is 1.92 bits per heavy atom. The molecular weight excluding hydrogens is 402 g/mol. The Balaban J connectivity index is 0.00000225. The third-order valence-electron chi connectivity index (χ3n) is 5.25. The smallest absolute Gasteiger partial charge is 0.223 e. The Bertz CT molecular complexity index is 546. The second-order valence-electron chi connectivity index (χ2n) is 7.26. The number of benzene rings is 1. The number of nitrogens with one attached hydrogen (secondary N) is 2. The molecule has 140 valence electrons. The van der Waals surface area contributed by atoms with E-state index in [1.165, 1.54) is 5.56 Å². The summed E-state index contributed by atoms with van der Waals surface area (Å²) in [6.07, 6.45) is 4.05. The standard InChI is InChI=1S/C19H28BrN3O.ClH/c1-14-12-16(6-9-21-14)19(24)22-18-7-10-23(11-8-18)13-15-2-4-17(20)5-3-15;/h2-5,14,16,18,21H,6-13H2,1H3,(H,22,24);1H/t14-,16-;/m0./s1. The maximum absolute atomic E-state index is 12.5. The SMILES string of the molecule is C[C@H]1C[C@@H](C(=O)NC2CCN(Cc3ccc(Br)cc3)CC2)CCN1.Cl. The van der Waals surface area contributed by atoms with Crippen molar-refractivity contribution in [3.63, 3.8) is 0 Å². The lowest BCUT2D eigenvalue weighted by atomic mass is 9.92. The summed E-state index contributed by atoms with van der Waals surface area (Å²) in [7, 11) is 0. The summed E-state index contributed by atoms with van der Waals surface area (Å²) in [6.45, 7) is 6.25. The van der Waals surface area contributed by atoms with Crippen LogP contribution in [0.15, 0.2) is 28.7 Å². The lowest BCUT2D eigenvalue weighted by Crippen LogP contribution is -2.48. The molecule has 0 bridgehead atoms. The van der Waals surface area contributed by atoms with Crippen molar-refractivity contribution in [2.75, 3.05) is 19.6 Å². The monoisotopic (exact) mass is 429 g/mol. The molecule has 25 heavy (non-hydrogen) atoms. The first kappa shape index (κ1) is 20.7. The third-order valence-corrected chi connectivity index (χ3v) is 5.78. The van der Waals surface area contributed by atoms with Gasteiger partial charge in [0.25, 0.3) is 0 Å². The van der Waals surface area contributed by atoms with Gasteiger partial charge in [0.1, 0.15) is 0 Å². The molecular formula is C19H29BrClN3O. The Labute approximate surface area is 165 Å². The number of likely N-dealkylation sites (tertiary alicyclic amines) is 1. The summed E-state index contributed by atoms with van der Waals surface area (Å²) >= 11 is 3.48. The van der Waals surface area contributed by atoms with E-state index in [-0.39, 0.29) is 24.2 Å². The fraction of sp³-hybridized carbons (Fsp3) is 0.632. The van der Waals surface area contributed by atoms with Crippen LogP contribution in [0.25, 0.3) is 0 Å². The second-order valence-corrected chi connectivity index (χ2v) is 8.18. The highest BCUT2D eigenvalue weighted by Gasteiger charge is 2.27. The molecule has 2 aliphatic heterocycles. The molecule has 6 heteroatoms. The largest absolute Gasteiger partial charge is 0.353 e. The van der Waals surface area contributed by atoms with Crippen molar-refractivity contribution in [2.24, 2.45) is 5.92 Å². The van der Waals surface area contributed by atoms with Crippen LogP contribution in [0.2, 0.25) is 0 Å². The molecule has 2 aliphatic rings. The van der Waals surface area contributed by atoms with Crippen molar-refractivity contribution < 1.29 is 4.79 Å². The Morgan fingerprint density at radius 1 is 1.24 bits per heavy atom. The van der Waals surface area contributed by atoms with Gasteiger partial charge in [-0.2, -0.15) is 0 Å². The third kappa shape index (κ3) is 6.24. The van der Waals surface area contributed by atoms with Crippen LogP contribution in [0, 0.1) is 5.92 Å². The molecule has 0 aromatic heterocycles. The predicted molar refractivity (Wildman–Crippen MR) is 108 cm³/mol. The number of piperidine rings is 2. The number of hydrogen-bond donors (Lipinski definition) is 2. The number of carbonyl (C=O) groups excluding carboxylic acids is 1. The summed E-state index contributed by atoms with van der Waals surface area (Å²) < 4.78 is 1.12. The second kappa shape index (κ2) is 9.91. The lowest BCUT2D eigenvalue weighted by molar-refractivity contribution is -0.127. The number of halogens is 2. The Morgan fingerprint density at radius 3 is 2.56 bits per heavy atom. The first-order chi connectivity index (χ1) is 11.6. The van der Waals surface area contributed by atoms with Gasteiger partial charge in [0.2, 0.25) is 5.91 Å². The van der Waals surface area contributed by atoms with Gasteiger partial charge in [0.05, 0.1) is 0 Å². The maximum Gasteiger partial charge on any atom is 0.223 e. The van der Waals surface area contributed by atoms with Crippen LogP contribution < -0.4 is 10.6 Å². The zero-order valence-corrected chi connectivity index (χ0v) is 17.2. The molecule has 0 radical (unpaired) electrons. The van der Waals surface area contributed by atoms with Gasteiger partial charge >= 0.3 is 0 Å². The lowest BCUT2D eigenvalue weighted by Gasteiger charge is -2.34. The highest BCUT2D eigenvalue weighted by atomic mass is 79.9. The van der Waals surface area contributed by atoms with Crippen LogP contribution in [0.3, 0.4) is 0 Å². The number of rotatable bonds is 4. The summed E-state index contributed by atoms with van der Waals surface area (Å²) in [5.41, 5.74) is 1.35. The van der Waals surface area contributed by atoms with Crippen LogP contribution >= 0.6 is 28.3 Å². The van der Waals surface area contributed by atoms with Crippen LogP contribution in [0.4, 0.5) is 0 Å². The summed E-state index contributed by atoms with van der Waals surface area (Å²) in [5, 5.41) is 6.71. The minimum Gasteiger partial charge on any atom is -0.353 e. The van der Waals surface area contributed by atoms with Crippen molar-refractivity contribution in [2.45, 2.75) is 51.2 Å². The summed E-state index contributed by atoms with van der Waals surface area (Å²) in [6, 6.07) is 9.36. The van der Waals surface area contributed by atoms with E-state index in [0.717, 1.165) is 56.3 Å². The van der Waals surface area contributed by atoms with Gasteiger partial charge in [-0.15, -0.1) is 12.4 Å². The van der Waals surface area contributed by atoms with Gasteiger partial charge in [-0.05, 0) is 56.8 Å². The van der Waals surface area contributed by atoms with Gasteiger partial charge < -0.3 is 10.6 Å². The number of carbonyl (C=O) groups is 1. The van der Waals surface area contributed by atoms with Crippen LogP contribution in [-0.2, 0) is 11.3 Å². The van der Waals surface area contributed by atoms with E-state index in [0.29, 0.717) is 12.1 Å². The molecule has 0 saturated carbocycles. The van der Waals surface area contributed by atoms with Crippen molar-refractivity contribution in [3.8, 4) is 0 Å². The molecule has 1 aromatic rings. The first-order valence-corrected chi connectivity index (χ1v) is 9.90. The molecule has 2 fully saturated rings. The average Bonchev–Trinajstić information content (AvgIpc) is 2.59. The summed E-state index contributed by atoms with van der Waals surface area (Å²) in [4.78, 5) is 14.9. The van der Waals surface area contributed by atoms with E-state index >= 15 is 0 Å². The highest BCUT2D eigenvalue weighted by molar-refractivity contribution is 9.10. The van der Waals surface area contributed by atoms with E-state index < -0.39 is 0 Å². The van der Waals surface area contributed by atoms with Crippen molar-refractivity contribution in [1.29, 1.82) is 0 Å². The molecule has 0 unspecified atom stereocenters. The van der Waals surface area contributed by atoms with Crippen LogP contribution in [-0.4, -0.2) is 42.5 Å². The molecule has 0 spiro atoms. The molecule has 4 nitrogen and oxygen atoms in total. The molecule has 1 amide bonds. The van der Waals surface area contributed by atoms with Gasteiger partial charge in [-0.3, -0.25) is 9.69 Å². The van der Waals surface area contributed by atoms with Crippen molar-refractivity contribution >= 4 is 34.2 Å². The van der Waals surface area contributed by atoms with Crippen molar-refractivity contribution in [1.82, 2.24) is 15.5 Å². The minimum absolute atomic E-state index is 0. The van der Waals surface area contributed by atoms with E-state index in [1.54, 1.807) is 0 Å². The molecule has 3 rings (SSSR count). The zero-order valence-electron chi connectivity index (χ0n) is 14.8. The highest BCUT2D eigenvalue weighted by Crippen LogP contribution is 2.19. The quantitative estimate of drug-likeness (QED) is 0.770. The first-order valence-electron chi connectivity index (χ1n) is 9.10. The number of nitrogens with zero attached hydrogens (tertiary/aromatic N) is 1. The van der Waals surface area contributed by atoms with E-state index in [2.05, 4.69) is 62.7 Å². The van der Waals surface area contributed by atoms with E-state index in [9.17, 15) is 4.79 Å². The van der Waals surface area contributed by atoms with Crippen LogP contribution in [0.5, 0.6) is 0 Å². The summed E-state index contributed by atoms with van der Waals surface area (Å²) in [5.74, 6) is 0.469. The molecule has 2 heterocycles. The Hall–Kier alpha value is -0.620. The topological polar surface area (TPSA) is 44.4 Å². The molecule has 0 aliphatic carbocycles. The zero-order chi connectivity index (χ0) is 16.9. The minimum atomic E-state index is 0. The predicted octanol–water partition coefficient (Wildman–Crippen LogP) is 3.34. The van der Waals surface area contributed by atoms with Gasteiger partial charge in [0, 0.05) is 42.1 Å². The average molecular weight is 431 g/mol. The number of amides is 1. The maximum atomic E-state index is 12.5. The molecule has 2 atom stereocenters. The van der Waals surface area contributed by atoms with Crippen molar-refractivity contribution in [3.05, 3.63) is 34.3 Å². The fourth-order valence-corrected chi connectivity index (χ4v) is 4.04. The van der Waals surface area contributed by atoms with Gasteiger partial charge in [-0.25, -0.2) is 0 Å². The van der Waals surface area contributed by atoms with E-state index in [4.69, 9.17) is 0 Å².